The molecule has 3 heterocycles. The van der Waals surface area contributed by atoms with Gasteiger partial charge >= 0.3 is 5.97 Å². The van der Waals surface area contributed by atoms with E-state index in [1.807, 2.05) is 0 Å². The molecule has 0 saturated carbocycles. The Morgan fingerprint density at radius 2 is 2.14 bits per heavy atom. The molecule has 0 unspecified atom stereocenters. The van der Waals surface area contributed by atoms with Crippen LogP contribution in [0.4, 0.5) is 0 Å². The highest BCUT2D eigenvalue weighted by atomic mass is 32.2. The summed E-state index contributed by atoms with van der Waals surface area (Å²) >= 11 is 1.57. The predicted molar refractivity (Wildman–Crippen MR) is 79.6 cm³/mol. The summed E-state index contributed by atoms with van der Waals surface area (Å²) in [5.41, 5.74) is 1.69. The minimum atomic E-state index is -0.375. The van der Waals surface area contributed by atoms with Gasteiger partial charge in [0.25, 0.3) is 5.78 Å². The van der Waals surface area contributed by atoms with Crippen LogP contribution >= 0.6 is 11.8 Å². The highest BCUT2D eigenvalue weighted by Crippen LogP contribution is 2.19. The van der Waals surface area contributed by atoms with Crippen LogP contribution in [0.3, 0.4) is 0 Å². The van der Waals surface area contributed by atoms with E-state index in [2.05, 4.69) is 37.0 Å². The van der Waals surface area contributed by atoms with E-state index in [4.69, 9.17) is 0 Å². The van der Waals surface area contributed by atoms with Gasteiger partial charge in [-0.05, 0) is 6.42 Å². The Balaban J connectivity index is 2.11. The van der Waals surface area contributed by atoms with Crippen molar-refractivity contribution in [2.45, 2.75) is 24.9 Å². The van der Waals surface area contributed by atoms with E-state index in [0.29, 0.717) is 27.8 Å². The van der Waals surface area contributed by atoms with Crippen molar-refractivity contribution in [3.63, 3.8) is 0 Å². The second kappa shape index (κ2) is 5.87. The van der Waals surface area contributed by atoms with Crippen LogP contribution < -0.4 is 0 Å². The lowest BCUT2D eigenvalue weighted by Crippen LogP contribution is -2.06. The molecule has 0 atom stereocenters. The molecule has 0 aromatic carbocycles. The number of thioether (sulfide) groups is 1. The maximum atomic E-state index is 11.5. The molecule has 0 fully saturated rings. The normalized spacial score (nSPS) is 11.4. The third-order valence-corrected chi connectivity index (χ3v) is 4.09. The molecule has 9 nitrogen and oxygen atoms in total. The third kappa shape index (κ3) is 2.49. The molecular formula is C12H15N7O2S. The molecule has 0 aliphatic heterocycles. The van der Waals surface area contributed by atoms with Gasteiger partial charge in [0.15, 0.2) is 11.2 Å². The predicted octanol–water partition coefficient (Wildman–Crippen LogP) is 0.624. The van der Waals surface area contributed by atoms with Crippen molar-refractivity contribution in [3.05, 3.63) is 5.69 Å². The summed E-state index contributed by atoms with van der Waals surface area (Å²) in [7, 11) is 3.11. The quantitative estimate of drug-likeness (QED) is 0.498. The number of hydrogen-bond acceptors (Lipinski definition) is 8. The van der Waals surface area contributed by atoms with Gasteiger partial charge in [-0.2, -0.15) is 14.6 Å². The first-order valence-electron chi connectivity index (χ1n) is 6.78. The summed E-state index contributed by atoms with van der Waals surface area (Å²) in [6, 6.07) is 0. The van der Waals surface area contributed by atoms with Crippen molar-refractivity contribution >= 4 is 34.7 Å². The smallest absolute Gasteiger partial charge is 0.311 e. The number of fused-ring (bicyclic) bond motifs is 3. The van der Waals surface area contributed by atoms with E-state index in [-0.39, 0.29) is 12.4 Å². The Hall–Kier alpha value is -2.23. The number of esters is 1. The van der Waals surface area contributed by atoms with Gasteiger partial charge < -0.3 is 4.74 Å². The second-order valence-corrected chi connectivity index (χ2v) is 5.71. The molecule has 0 spiro atoms. The monoisotopic (exact) mass is 321 g/mol. The minimum absolute atomic E-state index is 0.0418. The van der Waals surface area contributed by atoms with Crippen LogP contribution in [0.1, 0.15) is 19.0 Å². The zero-order chi connectivity index (χ0) is 15.7. The van der Waals surface area contributed by atoms with Crippen LogP contribution in [0.25, 0.3) is 16.9 Å². The van der Waals surface area contributed by atoms with Crippen LogP contribution in [0.5, 0.6) is 0 Å². The number of ether oxygens (including phenoxy) is 1. The first-order chi connectivity index (χ1) is 10.6. The molecule has 0 aliphatic carbocycles. The summed E-state index contributed by atoms with van der Waals surface area (Å²) in [5, 5.41) is 17.6. The van der Waals surface area contributed by atoms with Gasteiger partial charge in [-0.25, -0.2) is 4.68 Å². The first kappa shape index (κ1) is 14.7. The zero-order valence-corrected chi connectivity index (χ0v) is 13.3. The Morgan fingerprint density at radius 1 is 1.32 bits per heavy atom. The molecule has 0 N–H and O–H groups in total. The summed E-state index contributed by atoms with van der Waals surface area (Å²) in [6.07, 6.45) is 1.08. The SMILES string of the molecule is CCCSc1nc2nnc3c(CC(=O)OC)nn(C)c3n2n1. The van der Waals surface area contributed by atoms with Crippen LogP contribution in [-0.2, 0) is 23.0 Å². The van der Waals surface area contributed by atoms with Crippen molar-refractivity contribution in [2.24, 2.45) is 7.05 Å². The van der Waals surface area contributed by atoms with Crippen LogP contribution in [-0.4, -0.2) is 53.4 Å². The average molecular weight is 321 g/mol. The lowest BCUT2D eigenvalue weighted by Gasteiger charge is -1.96. The van der Waals surface area contributed by atoms with Crippen molar-refractivity contribution in [2.75, 3.05) is 12.9 Å². The van der Waals surface area contributed by atoms with Crippen molar-refractivity contribution < 1.29 is 9.53 Å². The number of hydrogen-bond donors (Lipinski definition) is 0. The molecule has 3 aromatic heterocycles. The van der Waals surface area contributed by atoms with Crippen molar-refractivity contribution in [1.82, 2.24) is 34.6 Å². The molecule has 116 valence electrons. The minimum Gasteiger partial charge on any atom is -0.469 e. The van der Waals surface area contributed by atoms with Crippen molar-refractivity contribution in [1.29, 1.82) is 0 Å². The van der Waals surface area contributed by atoms with E-state index in [9.17, 15) is 4.79 Å². The van der Waals surface area contributed by atoms with Crippen LogP contribution in [0.15, 0.2) is 5.16 Å². The standard InChI is InChI=1S/C12H15N7O2S/c1-4-5-22-12-13-11-15-14-9-7(6-8(20)21-3)16-18(2)10(9)19(11)17-12/h4-6H2,1-3H3. The van der Waals surface area contributed by atoms with E-state index in [0.717, 1.165) is 12.2 Å². The molecule has 0 amide bonds. The fourth-order valence-electron chi connectivity index (χ4n) is 2.07. The van der Waals surface area contributed by atoms with Gasteiger partial charge in [0.05, 0.1) is 13.5 Å². The second-order valence-electron chi connectivity index (χ2n) is 4.65. The average Bonchev–Trinajstić information content (AvgIpc) is 3.06. The number of methoxy groups -OCH3 is 1. The van der Waals surface area contributed by atoms with Gasteiger partial charge in [0.2, 0.25) is 5.16 Å². The first-order valence-corrected chi connectivity index (χ1v) is 7.77. The highest BCUT2D eigenvalue weighted by molar-refractivity contribution is 7.99. The zero-order valence-electron chi connectivity index (χ0n) is 12.5. The van der Waals surface area contributed by atoms with Gasteiger partial charge in [-0.15, -0.1) is 15.3 Å². The Bertz CT molecular complexity index is 841. The fraction of sp³-hybridized carbons (Fsp3) is 0.500. The molecule has 0 aliphatic rings. The Morgan fingerprint density at radius 3 is 2.86 bits per heavy atom. The maximum absolute atomic E-state index is 11.5. The number of rotatable bonds is 5. The Labute approximate surface area is 130 Å². The maximum Gasteiger partial charge on any atom is 0.311 e. The van der Waals surface area contributed by atoms with Crippen LogP contribution in [0, 0.1) is 0 Å². The molecule has 0 bridgehead atoms. The van der Waals surface area contributed by atoms with Crippen molar-refractivity contribution in [3.8, 4) is 0 Å². The molecule has 3 aromatic rings. The largest absolute Gasteiger partial charge is 0.469 e. The molecule has 0 saturated heterocycles. The molecule has 3 rings (SSSR count). The Kier molecular flexibility index (Phi) is 3.92. The number of aromatic nitrogens is 7. The van der Waals surface area contributed by atoms with Gasteiger partial charge in [-0.3, -0.25) is 4.79 Å². The lowest BCUT2D eigenvalue weighted by atomic mass is 10.3. The van der Waals surface area contributed by atoms with E-state index in [1.54, 1.807) is 28.0 Å². The summed E-state index contributed by atoms with van der Waals surface area (Å²) in [4.78, 5) is 15.8. The van der Waals surface area contributed by atoms with Gasteiger partial charge in [0, 0.05) is 12.8 Å². The fourth-order valence-corrected chi connectivity index (χ4v) is 2.74. The number of carbonyl (C=O) groups is 1. The summed E-state index contributed by atoms with van der Waals surface area (Å²) < 4.78 is 7.90. The molecule has 0 radical (unpaired) electrons. The van der Waals surface area contributed by atoms with Crippen LogP contribution in [0.2, 0.25) is 0 Å². The summed E-state index contributed by atoms with van der Waals surface area (Å²) in [6.45, 7) is 2.10. The molecule has 22 heavy (non-hydrogen) atoms. The lowest BCUT2D eigenvalue weighted by molar-refractivity contribution is -0.139. The molecular weight excluding hydrogens is 306 g/mol. The topological polar surface area (TPSA) is 100 Å². The van der Waals surface area contributed by atoms with Gasteiger partial charge in [-0.1, -0.05) is 18.7 Å². The van der Waals surface area contributed by atoms with E-state index >= 15 is 0 Å². The molecule has 10 heteroatoms. The number of nitrogens with zero attached hydrogens (tertiary/aromatic N) is 7. The summed E-state index contributed by atoms with van der Waals surface area (Å²) in [5.74, 6) is 0.977. The third-order valence-electron chi connectivity index (χ3n) is 3.05. The highest BCUT2D eigenvalue weighted by Gasteiger charge is 2.19. The number of carbonyl (C=O) groups excluding carboxylic acids is 1. The van der Waals surface area contributed by atoms with E-state index < -0.39 is 0 Å². The van der Waals surface area contributed by atoms with Gasteiger partial charge in [0.1, 0.15) is 5.69 Å². The van der Waals surface area contributed by atoms with E-state index in [1.165, 1.54) is 7.11 Å². The number of aryl methyl sites for hydroxylation is 1.